The Morgan fingerprint density at radius 3 is 2.57 bits per heavy atom. The van der Waals surface area contributed by atoms with Crippen molar-refractivity contribution in [3.63, 3.8) is 0 Å². The van der Waals surface area contributed by atoms with Gasteiger partial charge in [0.25, 0.3) is 0 Å². The van der Waals surface area contributed by atoms with E-state index in [4.69, 9.17) is 9.47 Å². The summed E-state index contributed by atoms with van der Waals surface area (Å²) in [7, 11) is 1.55. The van der Waals surface area contributed by atoms with Gasteiger partial charge < -0.3 is 14.8 Å². The number of rotatable bonds is 6. The largest absolute Gasteiger partial charge is 0.493 e. The molecule has 1 atom stereocenters. The molecule has 0 saturated carbocycles. The molecule has 1 unspecified atom stereocenters. The second-order valence-corrected chi connectivity index (χ2v) is 8.34. The topological polar surface area (TPSA) is 65.4 Å². The van der Waals surface area contributed by atoms with Gasteiger partial charge in [0.2, 0.25) is 5.91 Å². The molecular formula is C27H23F2N3O3. The van der Waals surface area contributed by atoms with Crippen LogP contribution < -0.4 is 14.8 Å². The SMILES string of the molecule is COc1cccc(C2CC(=O)Nc3c2c(C)nn3-c2cccc(F)c2)c1OCc1ccc(F)cc1. The first-order chi connectivity index (χ1) is 16.9. The molecule has 0 aliphatic carbocycles. The monoisotopic (exact) mass is 475 g/mol. The third-order valence-electron chi connectivity index (χ3n) is 6.06. The Bertz CT molecular complexity index is 1400. The summed E-state index contributed by atoms with van der Waals surface area (Å²) in [6.07, 6.45) is 0.183. The summed E-state index contributed by atoms with van der Waals surface area (Å²) in [6.45, 7) is 2.05. The number of halogens is 2. The van der Waals surface area contributed by atoms with E-state index >= 15 is 0 Å². The zero-order chi connectivity index (χ0) is 24.5. The standard InChI is InChI=1S/C27H23F2N3O3/c1-16-25-22(14-24(33)30-27(25)32(31-16)20-6-3-5-19(29)13-20)21-7-4-8-23(34-2)26(21)35-15-17-9-11-18(28)12-10-17/h3-13,22H,14-15H2,1-2H3,(H,30,33). The lowest BCUT2D eigenvalue weighted by molar-refractivity contribution is -0.116. The second-order valence-electron chi connectivity index (χ2n) is 8.34. The zero-order valence-electron chi connectivity index (χ0n) is 19.2. The van der Waals surface area contributed by atoms with Gasteiger partial charge in [0, 0.05) is 23.5 Å². The van der Waals surface area contributed by atoms with Gasteiger partial charge in [0.15, 0.2) is 11.5 Å². The number of carbonyl (C=O) groups excluding carboxylic acids is 1. The van der Waals surface area contributed by atoms with Crippen LogP contribution >= 0.6 is 0 Å². The fourth-order valence-electron chi connectivity index (χ4n) is 4.47. The number of methoxy groups -OCH3 is 1. The van der Waals surface area contributed by atoms with Gasteiger partial charge in [-0.25, -0.2) is 13.5 Å². The van der Waals surface area contributed by atoms with Gasteiger partial charge in [-0.3, -0.25) is 4.79 Å². The fraction of sp³-hybridized carbons (Fsp3) is 0.185. The first-order valence-corrected chi connectivity index (χ1v) is 11.1. The molecule has 0 fully saturated rings. The highest BCUT2D eigenvalue weighted by Gasteiger charge is 2.35. The van der Waals surface area contributed by atoms with Gasteiger partial charge in [-0.05, 0) is 48.9 Å². The van der Waals surface area contributed by atoms with Crippen molar-refractivity contribution in [3.05, 3.63) is 101 Å². The Morgan fingerprint density at radius 1 is 1.06 bits per heavy atom. The third-order valence-corrected chi connectivity index (χ3v) is 6.06. The van der Waals surface area contributed by atoms with Gasteiger partial charge in [0.05, 0.1) is 18.5 Å². The predicted molar refractivity (Wildman–Crippen MR) is 127 cm³/mol. The van der Waals surface area contributed by atoms with Crippen LogP contribution in [0, 0.1) is 18.6 Å². The number of anilines is 1. The van der Waals surface area contributed by atoms with E-state index in [1.165, 1.54) is 24.3 Å². The number of hydrogen-bond acceptors (Lipinski definition) is 4. The second kappa shape index (κ2) is 9.21. The summed E-state index contributed by atoms with van der Waals surface area (Å²) in [4.78, 5) is 12.8. The number of amides is 1. The van der Waals surface area contributed by atoms with Crippen LogP contribution in [0.25, 0.3) is 5.69 Å². The minimum absolute atomic E-state index is 0.183. The number of aromatic nitrogens is 2. The van der Waals surface area contributed by atoms with Crippen LogP contribution in [-0.2, 0) is 11.4 Å². The number of para-hydroxylation sites is 1. The molecule has 3 aromatic carbocycles. The van der Waals surface area contributed by atoms with Gasteiger partial charge in [-0.1, -0.05) is 30.3 Å². The van der Waals surface area contributed by atoms with Crippen molar-refractivity contribution in [2.75, 3.05) is 12.4 Å². The summed E-state index contributed by atoms with van der Waals surface area (Å²) in [5, 5.41) is 7.53. The molecule has 1 aliphatic rings. The Morgan fingerprint density at radius 2 is 1.83 bits per heavy atom. The molecule has 1 N–H and O–H groups in total. The number of ether oxygens (including phenoxy) is 2. The van der Waals surface area contributed by atoms with Crippen molar-refractivity contribution >= 4 is 11.7 Å². The van der Waals surface area contributed by atoms with Gasteiger partial charge in [0.1, 0.15) is 24.1 Å². The molecule has 178 valence electrons. The lowest BCUT2D eigenvalue weighted by atomic mass is 9.85. The number of hydrogen-bond donors (Lipinski definition) is 1. The van der Waals surface area contributed by atoms with Crippen molar-refractivity contribution in [1.29, 1.82) is 0 Å². The Hall–Kier alpha value is -4.20. The molecule has 5 rings (SSSR count). The van der Waals surface area contributed by atoms with Crippen LogP contribution in [0.5, 0.6) is 11.5 Å². The van der Waals surface area contributed by atoms with Crippen LogP contribution in [-0.4, -0.2) is 22.8 Å². The summed E-state index contributed by atoms with van der Waals surface area (Å²) in [6, 6.07) is 17.7. The molecule has 0 bridgehead atoms. The van der Waals surface area contributed by atoms with Crippen LogP contribution in [0.3, 0.4) is 0 Å². The van der Waals surface area contributed by atoms with Crippen molar-refractivity contribution in [3.8, 4) is 17.2 Å². The van der Waals surface area contributed by atoms with Gasteiger partial charge >= 0.3 is 0 Å². The molecule has 0 spiro atoms. The molecule has 0 saturated heterocycles. The maximum absolute atomic E-state index is 13.9. The number of carbonyl (C=O) groups is 1. The molecule has 0 radical (unpaired) electrons. The van der Waals surface area contributed by atoms with E-state index in [0.29, 0.717) is 28.7 Å². The maximum atomic E-state index is 13.9. The van der Waals surface area contributed by atoms with Crippen molar-refractivity contribution < 1.29 is 23.0 Å². The predicted octanol–water partition coefficient (Wildman–Crippen LogP) is 5.52. The Kier molecular flexibility index (Phi) is 5.94. The highest BCUT2D eigenvalue weighted by atomic mass is 19.1. The average Bonchev–Trinajstić information content (AvgIpc) is 3.19. The van der Waals surface area contributed by atoms with Crippen LogP contribution in [0.4, 0.5) is 14.6 Å². The van der Waals surface area contributed by atoms with Gasteiger partial charge in [-0.15, -0.1) is 0 Å². The number of aryl methyl sites for hydroxylation is 1. The van der Waals surface area contributed by atoms with Crippen LogP contribution in [0.15, 0.2) is 66.7 Å². The summed E-state index contributed by atoms with van der Waals surface area (Å²) in [5.41, 5.74) is 3.61. The first-order valence-electron chi connectivity index (χ1n) is 11.1. The molecule has 35 heavy (non-hydrogen) atoms. The van der Waals surface area contributed by atoms with E-state index in [9.17, 15) is 13.6 Å². The molecule has 4 aromatic rings. The minimum atomic E-state index is -0.396. The maximum Gasteiger partial charge on any atom is 0.226 e. The van der Waals surface area contributed by atoms with Crippen molar-refractivity contribution in [1.82, 2.24) is 9.78 Å². The first kappa shape index (κ1) is 22.6. The lowest BCUT2D eigenvalue weighted by Crippen LogP contribution is -2.25. The van der Waals surface area contributed by atoms with E-state index in [2.05, 4.69) is 10.4 Å². The molecular weight excluding hydrogens is 452 g/mol. The van der Waals surface area contributed by atoms with E-state index < -0.39 is 5.82 Å². The molecule has 1 amide bonds. The van der Waals surface area contributed by atoms with E-state index in [1.807, 2.05) is 19.1 Å². The zero-order valence-corrected chi connectivity index (χ0v) is 19.2. The molecule has 1 aliphatic heterocycles. The van der Waals surface area contributed by atoms with E-state index in [1.54, 1.807) is 42.1 Å². The number of nitrogens with one attached hydrogen (secondary N) is 1. The van der Waals surface area contributed by atoms with Crippen molar-refractivity contribution in [2.24, 2.45) is 0 Å². The van der Waals surface area contributed by atoms with E-state index in [0.717, 1.165) is 16.7 Å². The summed E-state index contributed by atoms with van der Waals surface area (Å²) in [5.74, 6) is 0.259. The molecule has 6 nitrogen and oxygen atoms in total. The highest BCUT2D eigenvalue weighted by molar-refractivity contribution is 5.95. The van der Waals surface area contributed by atoms with Crippen LogP contribution in [0.1, 0.15) is 34.7 Å². The minimum Gasteiger partial charge on any atom is -0.493 e. The smallest absolute Gasteiger partial charge is 0.226 e. The molecule has 2 heterocycles. The summed E-state index contributed by atoms with van der Waals surface area (Å²) < 4.78 is 40.5. The Labute approximate surface area is 201 Å². The van der Waals surface area contributed by atoms with Crippen LogP contribution in [0.2, 0.25) is 0 Å². The Balaban J connectivity index is 1.58. The van der Waals surface area contributed by atoms with Gasteiger partial charge in [-0.2, -0.15) is 5.10 Å². The average molecular weight is 475 g/mol. The lowest BCUT2D eigenvalue weighted by Gasteiger charge is -2.26. The number of benzene rings is 3. The quantitative estimate of drug-likeness (QED) is 0.399. The number of nitrogens with zero attached hydrogens (tertiary/aromatic N) is 2. The summed E-state index contributed by atoms with van der Waals surface area (Å²) >= 11 is 0. The molecule has 8 heteroatoms. The number of fused-ring (bicyclic) bond motifs is 1. The fourth-order valence-corrected chi connectivity index (χ4v) is 4.47. The van der Waals surface area contributed by atoms with E-state index in [-0.39, 0.29) is 30.7 Å². The highest BCUT2D eigenvalue weighted by Crippen LogP contribution is 2.46. The third kappa shape index (κ3) is 4.35. The normalized spacial score (nSPS) is 14.9. The molecule has 1 aromatic heterocycles. The van der Waals surface area contributed by atoms with Crippen molar-refractivity contribution in [2.45, 2.75) is 25.9 Å².